The molecule has 0 bridgehead atoms. The van der Waals surface area contributed by atoms with Crippen molar-refractivity contribution < 1.29 is 19.4 Å². The Morgan fingerprint density at radius 3 is 2.63 bits per heavy atom. The number of hydrogen-bond acceptors (Lipinski definition) is 4. The van der Waals surface area contributed by atoms with Crippen LogP contribution in [0, 0.1) is 22.7 Å². The summed E-state index contributed by atoms with van der Waals surface area (Å²) in [7, 11) is 1.45. The van der Waals surface area contributed by atoms with Gasteiger partial charge >= 0.3 is 5.97 Å². The van der Waals surface area contributed by atoms with E-state index in [-0.39, 0.29) is 23.2 Å². The minimum absolute atomic E-state index is 0.180. The lowest BCUT2D eigenvalue weighted by atomic mass is 9.46. The fraction of sp³-hybridized carbons (Fsp3) is 0.609. The standard InChI is InChI=1S/C23H32O4/c1-16-10-11-18-22(2,20(16)21(25)26-4)13-12-19(24)23(18,3)15-27-14-17-8-6-5-7-9-17/h5-9,18-20,24H,1,10-15H2,2-4H3/t18-,19+,20?,22+,23+/m1/s1. The second-order valence-corrected chi connectivity index (χ2v) is 8.75. The predicted octanol–water partition coefficient (Wildman–Crippen LogP) is 4.13. The first-order valence-electron chi connectivity index (χ1n) is 9.88. The highest BCUT2D eigenvalue weighted by Crippen LogP contribution is 2.61. The minimum atomic E-state index is -0.434. The molecule has 4 heteroatoms. The van der Waals surface area contributed by atoms with Crippen LogP contribution in [0.3, 0.4) is 0 Å². The van der Waals surface area contributed by atoms with Crippen LogP contribution in [0.5, 0.6) is 0 Å². The molecule has 3 rings (SSSR count). The van der Waals surface area contributed by atoms with Crippen molar-refractivity contribution in [3.8, 4) is 0 Å². The van der Waals surface area contributed by atoms with E-state index >= 15 is 0 Å². The molecule has 2 aliphatic carbocycles. The summed E-state index contributed by atoms with van der Waals surface area (Å²) in [5.74, 6) is -0.322. The van der Waals surface area contributed by atoms with Crippen LogP contribution in [-0.2, 0) is 20.9 Å². The molecule has 2 aliphatic rings. The van der Waals surface area contributed by atoms with Crippen molar-refractivity contribution in [2.45, 2.75) is 52.2 Å². The average molecular weight is 373 g/mol. The normalized spacial score (nSPS) is 36.1. The van der Waals surface area contributed by atoms with E-state index < -0.39 is 11.5 Å². The molecule has 0 spiro atoms. The second kappa shape index (κ2) is 7.76. The Hall–Kier alpha value is -1.65. The van der Waals surface area contributed by atoms with Crippen molar-refractivity contribution >= 4 is 5.97 Å². The molecule has 0 radical (unpaired) electrons. The lowest BCUT2D eigenvalue weighted by Gasteiger charge is -2.59. The van der Waals surface area contributed by atoms with Crippen molar-refractivity contribution in [3.05, 3.63) is 48.0 Å². The van der Waals surface area contributed by atoms with Gasteiger partial charge in [0, 0.05) is 5.41 Å². The number of hydrogen-bond donors (Lipinski definition) is 1. The van der Waals surface area contributed by atoms with Crippen LogP contribution >= 0.6 is 0 Å². The first kappa shape index (κ1) is 20.1. The molecule has 2 fully saturated rings. The lowest BCUT2D eigenvalue weighted by molar-refractivity contribution is -0.179. The maximum atomic E-state index is 12.6. The van der Waals surface area contributed by atoms with Crippen molar-refractivity contribution in [1.29, 1.82) is 0 Å². The highest BCUT2D eigenvalue weighted by atomic mass is 16.5. The van der Waals surface area contributed by atoms with E-state index in [1.807, 2.05) is 30.3 Å². The van der Waals surface area contributed by atoms with Crippen LogP contribution in [0.15, 0.2) is 42.5 Å². The van der Waals surface area contributed by atoms with Crippen LogP contribution in [0.1, 0.15) is 45.1 Å². The third kappa shape index (κ3) is 3.57. The fourth-order valence-corrected chi connectivity index (χ4v) is 5.60. The topological polar surface area (TPSA) is 55.8 Å². The summed E-state index contributed by atoms with van der Waals surface area (Å²) in [4.78, 5) is 12.6. The van der Waals surface area contributed by atoms with Crippen LogP contribution in [0.25, 0.3) is 0 Å². The number of ether oxygens (including phenoxy) is 2. The van der Waals surface area contributed by atoms with E-state index in [1.165, 1.54) is 7.11 Å². The zero-order chi connectivity index (χ0) is 19.7. The Labute approximate surface area is 162 Å². The molecule has 5 atom stereocenters. The van der Waals surface area contributed by atoms with Crippen LogP contribution < -0.4 is 0 Å². The Bertz CT molecular complexity index is 677. The quantitative estimate of drug-likeness (QED) is 0.624. The molecule has 4 nitrogen and oxygen atoms in total. The average Bonchev–Trinajstić information content (AvgIpc) is 2.65. The van der Waals surface area contributed by atoms with E-state index in [2.05, 4.69) is 20.4 Å². The van der Waals surface area contributed by atoms with Gasteiger partial charge in [-0.25, -0.2) is 0 Å². The molecule has 0 aliphatic heterocycles. The van der Waals surface area contributed by atoms with E-state index in [0.717, 1.165) is 30.4 Å². The SMILES string of the molecule is C=C1CC[C@H]2[C@](C)(COCc3ccccc3)[C@@H](O)CC[C@]2(C)C1C(=O)OC. The van der Waals surface area contributed by atoms with E-state index in [9.17, 15) is 9.90 Å². The first-order chi connectivity index (χ1) is 12.8. The molecule has 0 heterocycles. The number of methoxy groups -OCH3 is 1. The summed E-state index contributed by atoms with van der Waals surface area (Å²) < 4.78 is 11.2. The van der Waals surface area contributed by atoms with Gasteiger partial charge < -0.3 is 14.6 Å². The fourth-order valence-electron chi connectivity index (χ4n) is 5.60. The zero-order valence-corrected chi connectivity index (χ0v) is 16.7. The number of carbonyl (C=O) groups excluding carboxylic acids is 1. The van der Waals surface area contributed by atoms with Crippen LogP contribution in [0.4, 0.5) is 0 Å². The molecular formula is C23H32O4. The summed E-state index contributed by atoms with van der Waals surface area (Å²) in [6.45, 7) is 9.47. The number of esters is 1. The molecule has 1 aromatic carbocycles. The van der Waals surface area contributed by atoms with E-state index in [0.29, 0.717) is 19.6 Å². The molecule has 1 unspecified atom stereocenters. The molecule has 1 aromatic rings. The van der Waals surface area contributed by atoms with Gasteiger partial charge in [-0.1, -0.05) is 56.3 Å². The van der Waals surface area contributed by atoms with Gasteiger partial charge in [0.15, 0.2) is 0 Å². The summed E-state index contributed by atoms with van der Waals surface area (Å²) in [5.41, 5.74) is 1.43. The summed E-state index contributed by atoms with van der Waals surface area (Å²) in [6, 6.07) is 10.1. The smallest absolute Gasteiger partial charge is 0.313 e. The maximum absolute atomic E-state index is 12.6. The number of rotatable bonds is 5. The first-order valence-corrected chi connectivity index (χ1v) is 9.88. The van der Waals surface area contributed by atoms with Crippen LogP contribution in [-0.4, -0.2) is 30.9 Å². The third-order valence-electron chi connectivity index (χ3n) is 7.09. The Morgan fingerprint density at radius 1 is 1.26 bits per heavy atom. The lowest BCUT2D eigenvalue weighted by Crippen LogP contribution is -2.59. The number of aliphatic hydroxyl groups is 1. The van der Waals surface area contributed by atoms with Crippen molar-refractivity contribution in [2.24, 2.45) is 22.7 Å². The molecule has 2 saturated carbocycles. The van der Waals surface area contributed by atoms with Gasteiger partial charge in [-0.15, -0.1) is 0 Å². The minimum Gasteiger partial charge on any atom is -0.469 e. The molecule has 0 aromatic heterocycles. The highest BCUT2D eigenvalue weighted by molar-refractivity contribution is 5.77. The van der Waals surface area contributed by atoms with Gasteiger partial charge in [0.2, 0.25) is 0 Å². The van der Waals surface area contributed by atoms with Gasteiger partial charge in [-0.05, 0) is 42.6 Å². The van der Waals surface area contributed by atoms with Crippen LogP contribution in [0.2, 0.25) is 0 Å². The van der Waals surface area contributed by atoms with Gasteiger partial charge in [0.1, 0.15) is 0 Å². The van der Waals surface area contributed by atoms with E-state index in [1.54, 1.807) is 0 Å². The molecule has 27 heavy (non-hydrogen) atoms. The molecule has 1 N–H and O–H groups in total. The monoisotopic (exact) mass is 372 g/mol. The molecular weight excluding hydrogens is 340 g/mol. The number of carbonyl (C=O) groups is 1. The maximum Gasteiger partial charge on any atom is 0.313 e. The molecule has 0 saturated heterocycles. The zero-order valence-electron chi connectivity index (χ0n) is 16.7. The summed E-state index contributed by atoms with van der Waals surface area (Å²) in [6.07, 6.45) is 2.74. The Balaban J connectivity index is 1.81. The van der Waals surface area contributed by atoms with Gasteiger partial charge in [-0.3, -0.25) is 4.79 Å². The Kier molecular flexibility index (Phi) is 5.78. The number of fused-ring (bicyclic) bond motifs is 1. The van der Waals surface area contributed by atoms with E-state index in [4.69, 9.17) is 9.47 Å². The number of aliphatic hydroxyl groups excluding tert-OH is 1. The van der Waals surface area contributed by atoms with Crippen molar-refractivity contribution in [1.82, 2.24) is 0 Å². The highest BCUT2D eigenvalue weighted by Gasteiger charge is 2.59. The second-order valence-electron chi connectivity index (χ2n) is 8.75. The molecule has 148 valence electrons. The van der Waals surface area contributed by atoms with Crippen molar-refractivity contribution in [2.75, 3.05) is 13.7 Å². The molecule has 0 amide bonds. The van der Waals surface area contributed by atoms with Gasteiger partial charge in [0.25, 0.3) is 0 Å². The largest absolute Gasteiger partial charge is 0.469 e. The predicted molar refractivity (Wildman–Crippen MR) is 105 cm³/mol. The van der Waals surface area contributed by atoms with Gasteiger partial charge in [0.05, 0.1) is 32.3 Å². The summed E-state index contributed by atoms with van der Waals surface area (Å²) in [5, 5.41) is 10.9. The Morgan fingerprint density at radius 2 is 1.96 bits per heavy atom. The number of benzene rings is 1. The van der Waals surface area contributed by atoms with Gasteiger partial charge in [-0.2, -0.15) is 0 Å². The van der Waals surface area contributed by atoms with Crippen molar-refractivity contribution in [3.63, 3.8) is 0 Å². The third-order valence-corrected chi connectivity index (χ3v) is 7.09. The summed E-state index contributed by atoms with van der Waals surface area (Å²) >= 11 is 0.